The minimum atomic E-state index is -0.457. The summed E-state index contributed by atoms with van der Waals surface area (Å²) >= 11 is 0. The van der Waals surface area contributed by atoms with Crippen molar-refractivity contribution in [2.24, 2.45) is 0 Å². The highest BCUT2D eigenvalue weighted by Crippen LogP contribution is 2.10. The van der Waals surface area contributed by atoms with Crippen molar-refractivity contribution in [1.82, 2.24) is 0 Å². The maximum Gasteiger partial charge on any atom is 0.234 e. The largest absolute Gasteiger partial charge is 0.340 e. The second kappa shape index (κ2) is 6.63. The second-order valence-electron chi connectivity index (χ2n) is 1.42. The molecule has 0 aliphatic heterocycles. The Kier molecular flexibility index (Phi) is 6.30. The predicted molar refractivity (Wildman–Crippen MR) is 36.5 cm³/mol. The highest BCUT2D eigenvalue weighted by atomic mass is 31.1. The average molecular weight is 161 g/mol. The van der Waals surface area contributed by atoms with E-state index in [-0.39, 0.29) is 22.1 Å². The molecule has 10 heavy (non-hydrogen) atoms. The Morgan fingerprint density at radius 2 is 2.50 bits per heavy atom. The van der Waals surface area contributed by atoms with Gasteiger partial charge in [-0.2, -0.15) is 5.26 Å². The van der Waals surface area contributed by atoms with Gasteiger partial charge < -0.3 is 9.05 Å². The fourth-order valence-corrected chi connectivity index (χ4v) is 0.603. The summed E-state index contributed by atoms with van der Waals surface area (Å²) in [7, 11) is 1.46. The van der Waals surface area contributed by atoms with Gasteiger partial charge in [0.15, 0.2) is 9.03 Å². The highest BCUT2D eigenvalue weighted by Gasteiger charge is 1.97. The molecule has 5 heteroatoms. The van der Waals surface area contributed by atoms with E-state index in [4.69, 9.17) is 9.79 Å². The van der Waals surface area contributed by atoms with Crippen LogP contribution in [0.4, 0.5) is 0 Å². The first-order chi connectivity index (χ1) is 4.81. The van der Waals surface area contributed by atoms with Gasteiger partial charge in [0.05, 0.1) is 6.61 Å². The van der Waals surface area contributed by atoms with Crippen molar-refractivity contribution in [3.63, 3.8) is 0 Å². The summed E-state index contributed by atoms with van der Waals surface area (Å²) in [5.41, 5.74) is 0. The summed E-state index contributed by atoms with van der Waals surface area (Å²) in [6, 6.07) is 1.49. The topological polar surface area (TPSA) is 59.3 Å². The predicted octanol–water partition coefficient (Wildman–Crippen LogP) is 0.641. The molecule has 0 aliphatic rings. The number of ketones is 1. The first kappa shape index (κ1) is 9.51. The molecule has 0 aliphatic carbocycles. The molecule has 0 bridgehead atoms. The Morgan fingerprint density at radius 1 is 1.80 bits per heavy atom. The summed E-state index contributed by atoms with van der Waals surface area (Å²) in [5.74, 6) is -0.457. The van der Waals surface area contributed by atoms with Gasteiger partial charge >= 0.3 is 0 Å². The molecule has 4 nitrogen and oxygen atoms in total. The van der Waals surface area contributed by atoms with Crippen LogP contribution in [0.3, 0.4) is 0 Å². The van der Waals surface area contributed by atoms with Crippen LogP contribution < -0.4 is 0 Å². The van der Waals surface area contributed by atoms with Crippen LogP contribution >= 0.6 is 9.03 Å². The van der Waals surface area contributed by atoms with Crippen molar-refractivity contribution in [3.8, 4) is 6.07 Å². The molecule has 0 aromatic rings. The van der Waals surface area contributed by atoms with Crippen LogP contribution in [0.15, 0.2) is 0 Å². The van der Waals surface area contributed by atoms with Gasteiger partial charge in [-0.1, -0.05) is 0 Å². The Hall–Kier alpha value is -0.490. The van der Waals surface area contributed by atoms with Gasteiger partial charge in [-0.15, -0.1) is 0 Å². The van der Waals surface area contributed by atoms with E-state index in [9.17, 15) is 4.79 Å². The Bertz CT molecular complexity index is 142. The van der Waals surface area contributed by atoms with Crippen LogP contribution in [-0.4, -0.2) is 19.5 Å². The highest BCUT2D eigenvalue weighted by molar-refractivity contribution is 7.26. The lowest BCUT2D eigenvalue weighted by Crippen LogP contribution is -1.97. The molecule has 56 valence electrons. The molecule has 0 rings (SSSR count). The SMILES string of the molecule is COPOCCC(=O)C#N. The standard InChI is InChI=1S/C5H8NO3P/c1-8-10-9-3-2-5(7)4-6/h10H,2-3H2,1H3. The number of carbonyl (C=O) groups excluding carboxylic acids is 1. The van der Waals surface area contributed by atoms with Crippen LogP contribution in [-0.2, 0) is 13.8 Å². The molecular formula is C5H8NO3P. The number of nitrogens with zero attached hydrogens (tertiary/aromatic N) is 1. The van der Waals surface area contributed by atoms with Crippen molar-refractivity contribution >= 4 is 14.8 Å². The van der Waals surface area contributed by atoms with E-state index in [0.29, 0.717) is 0 Å². The average Bonchev–Trinajstić information content (AvgIpc) is 1.98. The van der Waals surface area contributed by atoms with Crippen molar-refractivity contribution in [2.75, 3.05) is 13.7 Å². The van der Waals surface area contributed by atoms with E-state index in [2.05, 4.69) is 4.52 Å². The third kappa shape index (κ3) is 5.64. The second-order valence-corrected chi connectivity index (χ2v) is 2.28. The number of Topliss-reactive ketones (excluding diaryl/α,β-unsaturated/α-hetero) is 1. The van der Waals surface area contributed by atoms with E-state index < -0.39 is 5.78 Å². The van der Waals surface area contributed by atoms with Crippen molar-refractivity contribution in [3.05, 3.63) is 0 Å². The van der Waals surface area contributed by atoms with Crippen LogP contribution in [0.1, 0.15) is 6.42 Å². The third-order valence-corrected chi connectivity index (χ3v) is 1.19. The summed E-state index contributed by atoms with van der Waals surface area (Å²) in [6.45, 7) is 0.263. The van der Waals surface area contributed by atoms with Crippen LogP contribution in [0, 0.1) is 11.3 Å². The molecular weight excluding hydrogens is 153 g/mol. The molecule has 0 saturated carbocycles. The molecule has 1 unspecified atom stereocenters. The van der Waals surface area contributed by atoms with E-state index in [0.717, 1.165) is 0 Å². The zero-order valence-electron chi connectivity index (χ0n) is 5.59. The molecule has 0 fully saturated rings. The molecule has 0 spiro atoms. The Morgan fingerprint density at radius 3 is 3.00 bits per heavy atom. The number of rotatable bonds is 5. The van der Waals surface area contributed by atoms with Gasteiger partial charge in [0.1, 0.15) is 6.07 Å². The first-order valence-electron chi connectivity index (χ1n) is 2.64. The molecule has 0 aromatic carbocycles. The molecule has 0 N–H and O–H groups in total. The molecule has 0 saturated heterocycles. The number of nitriles is 1. The number of hydrogen-bond acceptors (Lipinski definition) is 4. The first-order valence-corrected chi connectivity index (χ1v) is 3.45. The monoisotopic (exact) mass is 161 g/mol. The van der Waals surface area contributed by atoms with Gasteiger partial charge in [0.2, 0.25) is 5.78 Å². The number of carbonyl (C=O) groups is 1. The van der Waals surface area contributed by atoms with Gasteiger partial charge in [-0.05, 0) is 0 Å². The maximum atomic E-state index is 10.3. The summed E-state index contributed by atoms with van der Waals surface area (Å²) < 4.78 is 9.36. The Labute approximate surface area is 61.1 Å². The maximum absolute atomic E-state index is 10.3. The van der Waals surface area contributed by atoms with Gasteiger partial charge in [0.25, 0.3) is 0 Å². The zero-order valence-corrected chi connectivity index (χ0v) is 6.59. The third-order valence-electron chi connectivity index (χ3n) is 0.698. The quantitative estimate of drug-likeness (QED) is 0.337. The van der Waals surface area contributed by atoms with Gasteiger partial charge in [0, 0.05) is 13.5 Å². The van der Waals surface area contributed by atoms with Crippen molar-refractivity contribution in [1.29, 1.82) is 5.26 Å². The zero-order chi connectivity index (χ0) is 7.82. The summed E-state index contributed by atoms with van der Waals surface area (Å²) in [4.78, 5) is 10.3. The lowest BCUT2D eigenvalue weighted by Gasteiger charge is -1.96. The smallest absolute Gasteiger partial charge is 0.234 e. The molecule has 0 amide bonds. The van der Waals surface area contributed by atoms with Crippen molar-refractivity contribution < 1.29 is 13.8 Å². The Balaban J connectivity index is 3.06. The molecule has 0 radical (unpaired) electrons. The summed E-state index contributed by atoms with van der Waals surface area (Å²) in [5, 5.41) is 8.01. The van der Waals surface area contributed by atoms with E-state index >= 15 is 0 Å². The minimum Gasteiger partial charge on any atom is -0.340 e. The van der Waals surface area contributed by atoms with E-state index in [1.807, 2.05) is 0 Å². The molecule has 0 heterocycles. The van der Waals surface area contributed by atoms with Crippen molar-refractivity contribution in [2.45, 2.75) is 6.42 Å². The van der Waals surface area contributed by atoms with Gasteiger partial charge in [-0.3, -0.25) is 4.79 Å². The summed E-state index contributed by atoms with van der Waals surface area (Å²) in [6.07, 6.45) is 0.146. The normalized spacial score (nSPS) is 10.0. The fraction of sp³-hybridized carbons (Fsp3) is 0.600. The van der Waals surface area contributed by atoms with Crippen LogP contribution in [0.2, 0.25) is 0 Å². The number of hydrogen-bond donors (Lipinski definition) is 0. The molecule has 1 atom stereocenters. The minimum absolute atomic E-state index is 0.0458. The molecule has 0 aromatic heterocycles. The van der Waals surface area contributed by atoms with Crippen LogP contribution in [0.25, 0.3) is 0 Å². The van der Waals surface area contributed by atoms with E-state index in [1.54, 1.807) is 0 Å². The van der Waals surface area contributed by atoms with Gasteiger partial charge in [-0.25, -0.2) is 0 Å². The van der Waals surface area contributed by atoms with Crippen LogP contribution in [0.5, 0.6) is 0 Å². The fourth-order valence-electron chi connectivity index (χ4n) is 0.300. The lowest BCUT2D eigenvalue weighted by molar-refractivity contribution is -0.114. The van der Waals surface area contributed by atoms with E-state index in [1.165, 1.54) is 13.2 Å². The lowest BCUT2D eigenvalue weighted by atomic mass is 10.3.